The molecule has 1 aliphatic heterocycles. The van der Waals surface area contributed by atoms with Crippen LogP contribution in [-0.2, 0) is 17.3 Å². The van der Waals surface area contributed by atoms with E-state index >= 15 is 0 Å². The summed E-state index contributed by atoms with van der Waals surface area (Å²) >= 11 is 0. The third-order valence-electron chi connectivity index (χ3n) is 4.88. The first-order chi connectivity index (χ1) is 12.2. The van der Waals surface area contributed by atoms with Crippen LogP contribution in [0.25, 0.3) is 10.9 Å². The van der Waals surface area contributed by atoms with Gasteiger partial charge in [-0.2, -0.15) is 0 Å². The van der Waals surface area contributed by atoms with Crippen LogP contribution in [0.4, 0.5) is 0 Å². The summed E-state index contributed by atoms with van der Waals surface area (Å²) in [6.07, 6.45) is 4.74. The fourth-order valence-electron chi connectivity index (χ4n) is 3.46. The van der Waals surface area contributed by atoms with Crippen LogP contribution in [0, 0.1) is 0 Å². The molecule has 6 nitrogen and oxygen atoms in total. The number of nitrogens with one attached hydrogen (secondary N) is 1. The van der Waals surface area contributed by atoms with Crippen LogP contribution in [0.2, 0.25) is 0 Å². The highest BCUT2D eigenvalue weighted by molar-refractivity contribution is 5.99. The molecule has 1 amide bonds. The van der Waals surface area contributed by atoms with Gasteiger partial charge in [-0.1, -0.05) is 18.2 Å². The van der Waals surface area contributed by atoms with Crippen molar-refractivity contribution in [2.24, 2.45) is 7.05 Å². The number of para-hydroxylation sites is 1. The highest BCUT2D eigenvalue weighted by Crippen LogP contribution is 2.30. The minimum absolute atomic E-state index is 0.118. The molecular weight excluding hydrogens is 316 g/mol. The molecule has 0 radical (unpaired) electrons. The number of benzene rings is 1. The summed E-state index contributed by atoms with van der Waals surface area (Å²) < 4.78 is 7.41. The zero-order chi connectivity index (χ0) is 17.3. The van der Waals surface area contributed by atoms with Crippen LogP contribution in [-0.4, -0.2) is 33.7 Å². The van der Waals surface area contributed by atoms with Crippen molar-refractivity contribution in [2.45, 2.75) is 18.4 Å². The molecule has 3 aromatic rings. The van der Waals surface area contributed by atoms with E-state index in [2.05, 4.69) is 15.3 Å². The zero-order valence-corrected chi connectivity index (χ0v) is 14.1. The Labute approximate surface area is 145 Å². The Bertz CT molecular complexity index is 898. The molecule has 0 bridgehead atoms. The molecule has 1 aromatic carbocycles. The van der Waals surface area contributed by atoms with Gasteiger partial charge in [0, 0.05) is 56.4 Å². The molecule has 1 aliphatic rings. The summed E-state index contributed by atoms with van der Waals surface area (Å²) in [4.78, 5) is 21.9. The molecule has 0 atom stereocenters. The highest BCUT2D eigenvalue weighted by Gasteiger charge is 2.39. The van der Waals surface area contributed by atoms with Crippen molar-refractivity contribution in [1.82, 2.24) is 19.9 Å². The van der Waals surface area contributed by atoms with Gasteiger partial charge < -0.3 is 14.6 Å². The number of amides is 1. The van der Waals surface area contributed by atoms with Crippen LogP contribution in [0.1, 0.15) is 29.2 Å². The fraction of sp³-hybridized carbons (Fsp3) is 0.316. The van der Waals surface area contributed by atoms with Crippen LogP contribution in [0.5, 0.6) is 0 Å². The van der Waals surface area contributed by atoms with Gasteiger partial charge in [-0.05, 0) is 18.2 Å². The van der Waals surface area contributed by atoms with E-state index in [1.807, 2.05) is 41.9 Å². The second-order valence-corrected chi connectivity index (χ2v) is 6.37. The minimum atomic E-state index is -0.590. The van der Waals surface area contributed by atoms with Gasteiger partial charge in [0.05, 0.1) is 0 Å². The topological polar surface area (TPSA) is 69.0 Å². The molecule has 128 valence electrons. The van der Waals surface area contributed by atoms with Crippen molar-refractivity contribution in [1.29, 1.82) is 0 Å². The highest BCUT2D eigenvalue weighted by atomic mass is 16.5. The van der Waals surface area contributed by atoms with Gasteiger partial charge in [-0.3, -0.25) is 4.79 Å². The molecule has 4 rings (SSSR count). The Morgan fingerprint density at radius 3 is 2.60 bits per heavy atom. The normalized spacial score (nSPS) is 16.7. The SMILES string of the molecule is Cn1c(C(=O)NC2(c3ncccn3)CCOCC2)cc2ccccc21. The average Bonchev–Trinajstić information content (AvgIpc) is 3.00. The molecule has 0 unspecified atom stereocenters. The number of nitrogens with zero attached hydrogens (tertiary/aromatic N) is 3. The van der Waals surface area contributed by atoms with Crippen LogP contribution in [0.3, 0.4) is 0 Å². The van der Waals surface area contributed by atoms with Gasteiger partial charge in [-0.15, -0.1) is 0 Å². The van der Waals surface area contributed by atoms with Crippen molar-refractivity contribution in [3.63, 3.8) is 0 Å². The van der Waals surface area contributed by atoms with E-state index < -0.39 is 5.54 Å². The summed E-state index contributed by atoms with van der Waals surface area (Å²) in [5.74, 6) is 0.526. The third kappa shape index (κ3) is 2.78. The zero-order valence-electron chi connectivity index (χ0n) is 14.1. The average molecular weight is 336 g/mol. The molecule has 1 N–H and O–H groups in total. The van der Waals surface area contributed by atoms with Crippen LogP contribution < -0.4 is 5.32 Å². The maximum atomic E-state index is 13.1. The molecule has 0 aliphatic carbocycles. The number of ether oxygens (including phenoxy) is 1. The molecule has 0 saturated carbocycles. The van der Waals surface area contributed by atoms with E-state index in [9.17, 15) is 4.79 Å². The van der Waals surface area contributed by atoms with Crippen LogP contribution in [0.15, 0.2) is 48.8 Å². The Kier molecular flexibility index (Phi) is 3.97. The van der Waals surface area contributed by atoms with Gasteiger partial charge >= 0.3 is 0 Å². The number of aromatic nitrogens is 3. The Balaban J connectivity index is 1.70. The number of carbonyl (C=O) groups excluding carboxylic acids is 1. The van der Waals surface area contributed by atoms with E-state index in [1.165, 1.54) is 0 Å². The van der Waals surface area contributed by atoms with E-state index in [4.69, 9.17) is 4.74 Å². The standard InChI is InChI=1S/C19H20N4O2/c1-23-15-6-3-2-5-14(15)13-16(23)17(24)22-19(7-11-25-12-8-19)18-20-9-4-10-21-18/h2-6,9-10,13H,7-8,11-12H2,1H3,(H,22,24). The Morgan fingerprint density at radius 2 is 1.88 bits per heavy atom. The van der Waals surface area contributed by atoms with Gasteiger partial charge in [0.25, 0.3) is 5.91 Å². The first-order valence-corrected chi connectivity index (χ1v) is 8.42. The number of hydrogen-bond acceptors (Lipinski definition) is 4. The maximum absolute atomic E-state index is 13.1. The molecule has 0 spiro atoms. The summed E-state index contributed by atoms with van der Waals surface area (Å²) in [5, 5.41) is 4.25. The van der Waals surface area contributed by atoms with Gasteiger partial charge in [-0.25, -0.2) is 9.97 Å². The van der Waals surface area contributed by atoms with E-state index in [-0.39, 0.29) is 5.91 Å². The first kappa shape index (κ1) is 15.8. The van der Waals surface area contributed by atoms with Crippen molar-refractivity contribution in [3.8, 4) is 0 Å². The number of rotatable bonds is 3. The number of fused-ring (bicyclic) bond motifs is 1. The monoisotopic (exact) mass is 336 g/mol. The largest absolute Gasteiger partial charge is 0.381 e. The Morgan fingerprint density at radius 1 is 1.16 bits per heavy atom. The fourth-order valence-corrected chi connectivity index (χ4v) is 3.46. The quantitative estimate of drug-likeness (QED) is 0.797. The lowest BCUT2D eigenvalue weighted by Gasteiger charge is -2.36. The first-order valence-electron chi connectivity index (χ1n) is 8.42. The van der Waals surface area contributed by atoms with Gasteiger partial charge in [0.1, 0.15) is 11.2 Å². The molecule has 1 fully saturated rings. The summed E-state index contributed by atoms with van der Waals surface area (Å²) in [6, 6.07) is 11.7. The summed E-state index contributed by atoms with van der Waals surface area (Å²) in [6.45, 7) is 1.15. The van der Waals surface area contributed by atoms with Crippen molar-refractivity contribution < 1.29 is 9.53 Å². The number of aryl methyl sites for hydroxylation is 1. The molecule has 1 saturated heterocycles. The molecular formula is C19H20N4O2. The predicted octanol–water partition coefficient (Wildman–Crippen LogP) is 2.40. The smallest absolute Gasteiger partial charge is 0.268 e. The summed E-state index contributed by atoms with van der Waals surface area (Å²) in [5.41, 5.74) is 1.07. The minimum Gasteiger partial charge on any atom is -0.381 e. The second-order valence-electron chi connectivity index (χ2n) is 6.37. The molecule has 25 heavy (non-hydrogen) atoms. The van der Waals surface area contributed by atoms with Gasteiger partial charge in [0.2, 0.25) is 0 Å². The second kappa shape index (κ2) is 6.29. The number of hydrogen-bond donors (Lipinski definition) is 1. The lowest BCUT2D eigenvalue weighted by Crippen LogP contribution is -2.50. The summed E-state index contributed by atoms with van der Waals surface area (Å²) in [7, 11) is 1.91. The molecule has 6 heteroatoms. The predicted molar refractivity (Wildman–Crippen MR) is 94.1 cm³/mol. The molecule has 2 aromatic heterocycles. The molecule has 3 heterocycles. The van der Waals surface area contributed by atoms with Crippen molar-refractivity contribution >= 4 is 16.8 Å². The third-order valence-corrected chi connectivity index (χ3v) is 4.88. The maximum Gasteiger partial charge on any atom is 0.268 e. The lowest BCUT2D eigenvalue weighted by atomic mass is 9.88. The van der Waals surface area contributed by atoms with E-state index in [1.54, 1.807) is 18.5 Å². The van der Waals surface area contributed by atoms with Gasteiger partial charge in [0.15, 0.2) is 5.82 Å². The number of carbonyl (C=O) groups is 1. The lowest BCUT2D eigenvalue weighted by molar-refractivity contribution is 0.0311. The van der Waals surface area contributed by atoms with Crippen molar-refractivity contribution in [3.05, 3.63) is 60.3 Å². The van der Waals surface area contributed by atoms with E-state index in [0.29, 0.717) is 37.6 Å². The Hall–Kier alpha value is -2.73. The van der Waals surface area contributed by atoms with Crippen molar-refractivity contribution in [2.75, 3.05) is 13.2 Å². The van der Waals surface area contributed by atoms with Crippen LogP contribution >= 0.6 is 0 Å². The van der Waals surface area contributed by atoms with E-state index in [0.717, 1.165) is 10.9 Å².